The highest BCUT2D eigenvalue weighted by atomic mass is 32.2. The Balaban J connectivity index is 0.000000312. The predicted octanol–water partition coefficient (Wildman–Crippen LogP) is 4.84. The minimum Gasteiger partial charge on any atom is -0.462 e. The van der Waals surface area contributed by atoms with E-state index in [1.54, 1.807) is 0 Å². The monoisotopic (exact) mass is 480 g/mol. The van der Waals surface area contributed by atoms with Crippen LogP contribution in [0.1, 0.15) is 72.1 Å². The largest absolute Gasteiger partial charge is 0.522 e. The van der Waals surface area contributed by atoms with Crippen LogP contribution in [0.15, 0.2) is 11.6 Å². The molecule has 0 amide bonds. The Labute approximate surface area is 186 Å². The molecule has 0 saturated heterocycles. The number of rotatable bonds is 1. The Morgan fingerprint density at radius 2 is 1.69 bits per heavy atom. The highest BCUT2D eigenvalue weighted by Gasteiger charge is 2.58. The van der Waals surface area contributed by atoms with E-state index in [0.29, 0.717) is 23.5 Å². The summed E-state index contributed by atoms with van der Waals surface area (Å²) in [6.45, 7) is 6.19. The van der Waals surface area contributed by atoms with Crippen molar-refractivity contribution in [1.82, 2.24) is 0 Å². The SMILES string of the molecule is CC(=O)O[C@H]1CC[C@@]2(C)C(=CC[C@@H]3[C@@H]2CC[C@]2(C)C(=O)CC[C@@H]32)C1.O=S(=O)(O)C(F)(F)F. The second-order valence-corrected chi connectivity index (χ2v) is 11.5. The van der Waals surface area contributed by atoms with Gasteiger partial charge in [0.25, 0.3) is 0 Å². The van der Waals surface area contributed by atoms with E-state index in [1.165, 1.54) is 18.9 Å². The number of Topliss-reactive ketones (excluding diaryl/α,β-unsaturated/α-hetero) is 1. The van der Waals surface area contributed by atoms with Crippen LogP contribution in [0.25, 0.3) is 0 Å². The van der Waals surface area contributed by atoms with Gasteiger partial charge in [0.05, 0.1) is 0 Å². The van der Waals surface area contributed by atoms with Crippen molar-refractivity contribution in [3.8, 4) is 0 Å². The first kappa shape index (κ1) is 25.2. The smallest absolute Gasteiger partial charge is 0.462 e. The summed E-state index contributed by atoms with van der Waals surface area (Å²) in [4.78, 5) is 23.7. The quantitative estimate of drug-likeness (QED) is 0.250. The van der Waals surface area contributed by atoms with Gasteiger partial charge in [-0.2, -0.15) is 21.6 Å². The fourth-order valence-electron chi connectivity index (χ4n) is 6.73. The van der Waals surface area contributed by atoms with Crippen LogP contribution >= 0.6 is 0 Å². The standard InChI is InChI=1S/C21H30O3.CHF3O3S/c1-13(22)24-15-8-10-20(2)14(12-15)4-5-16-17-6-7-19(23)21(17,3)11-9-18(16)20;2-1(3,4)8(5,6)7/h4,15-18H,5-12H2,1-3H3;(H,5,6,7)/t15-,16-,17-,18-,20-,21-;/m0./s1. The van der Waals surface area contributed by atoms with Crippen molar-refractivity contribution >= 4 is 21.9 Å². The van der Waals surface area contributed by atoms with E-state index in [-0.39, 0.29) is 22.9 Å². The van der Waals surface area contributed by atoms with E-state index in [1.807, 2.05) is 0 Å². The van der Waals surface area contributed by atoms with Crippen molar-refractivity contribution in [3.63, 3.8) is 0 Å². The van der Waals surface area contributed by atoms with Crippen molar-refractivity contribution in [1.29, 1.82) is 0 Å². The maximum Gasteiger partial charge on any atom is 0.522 e. The van der Waals surface area contributed by atoms with Gasteiger partial charge in [-0.05, 0) is 61.7 Å². The third-order valence-corrected chi connectivity index (χ3v) is 8.98. The molecule has 10 heteroatoms. The predicted molar refractivity (Wildman–Crippen MR) is 110 cm³/mol. The van der Waals surface area contributed by atoms with E-state index in [9.17, 15) is 22.8 Å². The van der Waals surface area contributed by atoms with Crippen LogP contribution in [0.2, 0.25) is 0 Å². The summed E-state index contributed by atoms with van der Waals surface area (Å²) in [6, 6.07) is 0. The lowest BCUT2D eigenvalue weighted by molar-refractivity contribution is -0.148. The minimum atomic E-state index is -5.84. The van der Waals surface area contributed by atoms with Gasteiger partial charge in [-0.3, -0.25) is 14.1 Å². The van der Waals surface area contributed by atoms with Crippen LogP contribution in [-0.4, -0.2) is 36.3 Å². The molecule has 4 rings (SSSR count). The maximum absolute atomic E-state index is 12.4. The average Bonchev–Trinajstić information content (AvgIpc) is 2.95. The third-order valence-electron chi connectivity index (χ3n) is 8.39. The summed E-state index contributed by atoms with van der Waals surface area (Å²) in [5.74, 6) is 2.33. The fourth-order valence-corrected chi connectivity index (χ4v) is 6.73. The molecule has 6 atom stereocenters. The number of carbonyl (C=O) groups is 2. The number of allylic oxidation sites excluding steroid dienone is 1. The highest BCUT2D eigenvalue weighted by molar-refractivity contribution is 7.86. The number of halogens is 3. The first-order chi connectivity index (χ1) is 14.6. The van der Waals surface area contributed by atoms with Crippen LogP contribution in [0, 0.1) is 28.6 Å². The maximum atomic E-state index is 12.4. The summed E-state index contributed by atoms with van der Waals surface area (Å²) in [7, 11) is -5.84. The highest BCUT2D eigenvalue weighted by Crippen LogP contribution is 2.64. The Bertz CT molecular complexity index is 911. The summed E-state index contributed by atoms with van der Waals surface area (Å²) >= 11 is 0. The molecule has 0 bridgehead atoms. The van der Waals surface area contributed by atoms with Crippen LogP contribution in [0.4, 0.5) is 13.2 Å². The van der Waals surface area contributed by atoms with Gasteiger partial charge in [0, 0.05) is 25.2 Å². The van der Waals surface area contributed by atoms with Crippen LogP contribution in [-0.2, 0) is 24.4 Å². The van der Waals surface area contributed by atoms with Gasteiger partial charge < -0.3 is 4.74 Å². The fraction of sp³-hybridized carbons (Fsp3) is 0.818. The molecule has 6 nitrogen and oxygen atoms in total. The molecule has 0 unspecified atom stereocenters. The molecule has 0 aliphatic heterocycles. The summed E-state index contributed by atoms with van der Waals surface area (Å²) in [5.41, 5.74) is -3.80. The molecule has 0 heterocycles. The molecule has 182 valence electrons. The van der Waals surface area contributed by atoms with Gasteiger partial charge in [0.2, 0.25) is 0 Å². The molecule has 0 aromatic heterocycles. The van der Waals surface area contributed by atoms with Crippen molar-refractivity contribution in [2.45, 2.75) is 83.8 Å². The topological polar surface area (TPSA) is 97.7 Å². The lowest BCUT2D eigenvalue weighted by Gasteiger charge is -2.56. The van der Waals surface area contributed by atoms with Gasteiger partial charge in [-0.15, -0.1) is 0 Å². The molecule has 0 spiro atoms. The summed E-state index contributed by atoms with van der Waals surface area (Å²) in [5, 5.41) is 0. The van der Waals surface area contributed by atoms with E-state index in [0.717, 1.165) is 44.9 Å². The Morgan fingerprint density at radius 3 is 2.25 bits per heavy atom. The molecule has 1 N–H and O–H groups in total. The van der Waals surface area contributed by atoms with E-state index in [2.05, 4.69) is 19.9 Å². The first-order valence-electron chi connectivity index (χ1n) is 11.0. The molecule has 32 heavy (non-hydrogen) atoms. The van der Waals surface area contributed by atoms with Crippen LogP contribution in [0.3, 0.4) is 0 Å². The molecule has 0 aromatic rings. The second-order valence-electron chi connectivity index (χ2n) is 10.1. The Morgan fingerprint density at radius 1 is 1.12 bits per heavy atom. The van der Waals surface area contributed by atoms with Crippen molar-refractivity contribution in [2.24, 2.45) is 28.6 Å². The molecular formula is C22H31F3O6S. The number of ketones is 1. The Kier molecular flexibility index (Phi) is 6.63. The van der Waals surface area contributed by atoms with Crippen LogP contribution < -0.4 is 0 Å². The molecule has 0 aromatic carbocycles. The lowest BCUT2D eigenvalue weighted by Crippen LogP contribution is -2.50. The zero-order valence-corrected chi connectivity index (χ0v) is 19.4. The van der Waals surface area contributed by atoms with E-state index >= 15 is 0 Å². The van der Waals surface area contributed by atoms with Crippen molar-refractivity contribution in [2.75, 3.05) is 0 Å². The summed E-state index contributed by atoms with van der Waals surface area (Å²) < 4.78 is 63.0. The van der Waals surface area contributed by atoms with Gasteiger partial charge >= 0.3 is 21.6 Å². The Hall–Kier alpha value is -1.42. The number of esters is 1. The second kappa shape index (κ2) is 8.42. The van der Waals surface area contributed by atoms with E-state index < -0.39 is 15.6 Å². The number of alkyl halides is 3. The van der Waals surface area contributed by atoms with Crippen molar-refractivity contribution < 1.29 is 40.5 Å². The van der Waals surface area contributed by atoms with Crippen LogP contribution in [0.5, 0.6) is 0 Å². The summed E-state index contributed by atoms with van der Waals surface area (Å²) in [6.07, 6.45) is 10.8. The number of fused-ring (bicyclic) bond motifs is 5. The third kappa shape index (κ3) is 4.49. The zero-order chi connectivity index (χ0) is 24.1. The molecular weight excluding hydrogens is 449 g/mol. The molecule has 3 fully saturated rings. The lowest BCUT2D eigenvalue weighted by atomic mass is 9.48. The average molecular weight is 481 g/mol. The molecule has 4 aliphatic rings. The molecule has 3 saturated carbocycles. The number of ether oxygens (including phenoxy) is 1. The zero-order valence-electron chi connectivity index (χ0n) is 18.6. The number of hydrogen-bond acceptors (Lipinski definition) is 5. The van der Waals surface area contributed by atoms with Gasteiger partial charge in [-0.1, -0.05) is 25.5 Å². The number of carbonyl (C=O) groups excluding carboxylic acids is 2. The molecule has 0 radical (unpaired) electrons. The minimum absolute atomic E-state index is 0.0438. The number of hydrogen-bond donors (Lipinski definition) is 1. The molecule has 4 aliphatic carbocycles. The van der Waals surface area contributed by atoms with E-state index in [4.69, 9.17) is 17.7 Å². The van der Waals surface area contributed by atoms with Gasteiger partial charge in [-0.25, -0.2) is 0 Å². The normalized spacial score (nSPS) is 39.0. The first-order valence-corrected chi connectivity index (χ1v) is 12.5. The van der Waals surface area contributed by atoms with Gasteiger partial charge in [0.15, 0.2) is 0 Å². The van der Waals surface area contributed by atoms with Crippen molar-refractivity contribution in [3.05, 3.63) is 11.6 Å². The van der Waals surface area contributed by atoms with Gasteiger partial charge in [0.1, 0.15) is 11.9 Å².